The summed E-state index contributed by atoms with van der Waals surface area (Å²) in [5.41, 5.74) is 3.84. The van der Waals surface area contributed by atoms with Crippen molar-refractivity contribution in [2.24, 2.45) is 0 Å². The number of halogens is 2. The van der Waals surface area contributed by atoms with E-state index in [2.05, 4.69) is 9.97 Å². The van der Waals surface area contributed by atoms with Crippen molar-refractivity contribution in [2.45, 2.75) is 26.2 Å². The average Bonchev–Trinajstić information content (AvgIpc) is 3.02. The van der Waals surface area contributed by atoms with E-state index in [1.807, 2.05) is 30.8 Å². The van der Waals surface area contributed by atoms with Crippen molar-refractivity contribution >= 4 is 17.1 Å². The van der Waals surface area contributed by atoms with Crippen molar-refractivity contribution in [3.05, 3.63) is 70.7 Å². The number of nitrogens with zero attached hydrogens (tertiary/aromatic N) is 1. The van der Waals surface area contributed by atoms with Gasteiger partial charge in [-0.15, -0.1) is 11.3 Å². The summed E-state index contributed by atoms with van der Waals surface area (Å²) in [4.78, 5) is 19.8. The highest BCUT2D eigenvalue weighted by molar-refractivity contribution is 7.13. The normalized spacial score (nSPS) is 10.3. The van der Waals surface area contributed by atoms with Crippen molar-refractivity contribution < 1.29 is 26.6 Å². The van der Waals surface area contributed by atoms with E-state index in [0.717, 1.165) is 34.7 Å². The number of carbonyl (C=O) groups excluding carboxylic acids is 1. The molecule has 130 valence electrons. The highest BCUT2D eigenvalue weighted by Crippen LogP contribution is 2.27. The minimum absolute atomic E-state index is 0. The van der Waals surface area contributed by atoms with Crippen LogP contribution in [0.4, 0.5) is 4.39 Å². The SMILES string of the molecule is Cc1csc(-c2cc[nH+]cc2CCCC(=O)c2ccc(F)cc2)n1.[Cl-]. The third-order valence-corrected chi connectivity index (χ3v) is 4.81. The minimum atomic E-state index is -0.324. The predicted octanol–water partition coefficient (Wildman–Crippen LogP) is 1.28. The molecule has 25 heavy (non-hydrogen) atoms. The van der Waals surface area contributed by atoms with Crippen molar-refractivity contribution in [3.63, 3.8) is 0 Å². The summed E-state index contributed by atoms with van der Waals surface area (Å²) in [5.74, 6) is -0.281. The van der Waals surface area contributed by atoms with Gasteiger partial charge in [-0.3, -0.25) is 4.79 Å². The monoisotopic (exact) mass is 376 g/mol. The van der Waals surface area contributed by atoms with Gasteiger partial charge in [-0.1, -0.05) is 0 Å². The molecule has 0 unspecified atom stereocenters. The highest BCUT2D eigenvalue weighted by Gasteiger charge is 2.12. The lowest BCUT2D eigenvalue weighted by Gasteiger charge is -2.04. The van der Waals surface area contributed by atoms with Gasteiger partial charge in [0.25, 0.3) is 0 Å². The Morgan fingerprint density at radius 3 is 2.68 bits per heavy atom. The number of aromatic nitrogens is 2. The maximum absolute atomic E-state index is 12.9. The van der Waals surface area contributed by atoms with Crippen LogP contribution < -0.4 is 17.4 Å². The van der Waals surface area contributed by atoms with E-state index in [-0.39, 0.29) is 24.0 Å². The van der Waals surface area contributed by atoms with Gasteiger partial charge in [0.1, 0.15) is 10.8 Å². The molecule has 0 aliphatic rings. The van der Waals surface area contributed by atoms with Crippen LogP contribution in [0.2, 0.25) is 0 Å². The van der Waals surface area contributed by atoms with E-state index in [1.165, 1.54) is 24.3 Å². The minimum Gasteiger partial charge on any atom is -1.00 e. The number of thiazole rings is 1. The zero-order valence-electron chi connectivity index (χ0n) is 13.8. The van der Waals surface area contributed by atoms with E-state index in [9.17, 15) is 9.18 Å². The number of nitrogens with one attached hydrogen (secondary N) is 1. The molecule has 6 heteroatoms. The fourth-order valence-corrected chi connectivity index (χ4v) is 3.44. The first-order valence-electron chi connectivity index (χ1n) is 7.84. The molecule has 0 atom stereocenters. The van der Waals surface area contributed by atoms with Gasteiger partial charge in [-0.05, 0) is 44.0 Å². The maximum atomic E-state index is 12.9. The molecule has 1 aromatic carbocycles. The number of aryl methyl sites for hydroxylation is 2. The Labute approximate surface area is 156 Å². The number of hydrogen-bond acceptors (Lipinski definition) is 3. The van der Waals surface area contributed by atoms with E-state index >= 15 is 0 Å². The number of aromatic amines is 1. The first-order chi connectivity index (χ1) is 11.6. The number of H-pyrrole nitrogens is 1. The summed E-state index contributed by atoms with van der Waals surface area (Å²) < 4.78 is 12.9. The van der Waals surface area contributed by atoms with Crippen molar-refractivity contribution in [1.29, 1.82) is 0 Å². The average molecular weight is 377 g/mol. The summed E-state index contributed by atoms with van der Waals surface area (Å²) in [5, 5.41) is 3.04. The molecule has 0 saturated carbocycles. The van der Waals surface area contributed by atoms with Gasteiger partial charge < -0.3 is 12.4 Å². The molecule has 0 amide bonds. The van der Waals surface area contributed by atoms with Crippen LogP contribution in [0.15, 0.2) is 48.1 Å². The molecule has 2 aromatic heterocycles. The van der Waals surface area contributed by atoms with Gasteiger partial charge in [0.2, 0.25) is 0 Å². The molecule has 1 N–H and O–H groups in total. The number of carbonyl (C=O) groups is 1. The van der Waals surface area contributed by atoms with Crippen LogP contribution >= 0.6 is 11.3 Å². The molecule has 3 rings (SSSR count). The highest BCUT2D eigenvalue weighted by atomic mass is 35.5. The zero-order chi connectivity index (χ0) is 16.9. The second-order valence-electron chi connectivity index (χ2n) is 5.66. The van der Waals surface area contributed by atoms with E-state index in [0.29, 0.717) is 12.0 Å². The van der Waals surface area contributed by atoms with Gasteiger partial charge >= 0.3 is 0 Å². The zero-order valence-corrected chi connectivity index (χ0v) is 15.3. The molecule has 2 heterocycles. The largest absolute Gasteiger partial charge is 1.00 e. The molecule has 0 bridgehead atoms. The lowest BCUT2D eigenvalue weighted by atomic mass is 10.0. The Balaban J connectivity index is 0.00000225. The molecule has 3 aromatic rings. The predicted molar refractivity (Wildman–Crippen MR) is 92.5 cm³/mol. The number of Topliss-reactive ketones (excluding diaryl/α,β-unsaturated/α-hetero) is 1. The summed E-state index contributed by atoms with van der Waals surface area (Å²) in [7, 11) is 0. The Morgan fingerprint density at radius 2 is 2.00 bits per heavy atom. The summed E-state index contributed by atoms with van der Waals surface area (Å²) >= 11 is 1.63. The van der Waals surface area contributed by atoms with Crippen LogP contribution in [0, 0.1) is 12.7 Å². The Hall–Kier alpha value is -2.11. The number of pyridine rings is 1. The molecule has 0 spiro atoms. The van der Waals surface area contributed by atoms with Crippen LogP contribution in [0.25, 0.3) is 10.6 Å². The van der Waals surface area contributed by atoms with E-state index in [1.54, 1.807) is 11.3 Å². The molecule has 0 saturated heterocycles. The van der Waals surface area contributed by atoms with Gasteiger partial charge in [-0.25, -0.2) is 14.4 Å². The Bertz CT molecular complexity index is 849. The third kappa shape index (κ3) is 4.94. The first kappa shape index (κ1) is 19.2. The molecule has 0 aliphatic carbocycles. The Kier molecular flexibility index (Phi) is 6.79. The third-order valence-electron chi connectivity index (χ3n) is 3.82. The maximum Gasteiger partial charge on any atom is 0.170 e. The van der Waals surface area contributed by atoms with E-state index in [4.69, 9.17) is 0 Å². The Morgan fingerprint density at radius 1 is 1.24 bits per heavy atom. The quantitative estimate of drug-likeness (QED) is 0.608. The van der Waals surface area contributed by atoms with Crippen molar-refractivity contribution in [3.8, 4) is 10.6 Å². The van der Waals surface area contributed by atoms with Crippen molar-refractivity contribution in [1.82, 2.24) is 4.98 Å². The summed E-state index contributed by atoms with van der Waals surface area (Å²) in [6.45, 7) is 1.98. The molecule has 3 nitrogen and oxygen atoms in total. The van der Waals surface area contributed by atoms with Gasteiger partial charge in [-0.2, -0.15) is 0 Å². The summed E-state index contributed by atoms with van der Waals surface area (Å²) in [6.07, 6.45) is 5.83. The molecular weight excluding hydrogens is 359 g/mol. The van der Waals surface area contributed by atoms with Crippen molar-refractivity contribution in [2.75, 3.05) is 0 Å². The van der Waals surface area contributed by atoms with Gasteiger partial charge in [0, 0.05) is 40.3 Å². The standard InChI is InChI=1S/C19H17FN2OS.ClH/c1-13-12-24-19(22-13)17-9-10-21-11-15(17)3-2-4-18(23)14-5-7-16(20)8-6-14;/h5-12H,2-4H2,1H3;1H. The molecule has 0 radical (unpaired) electrons. The molecule has 0 aliphatic heterocycles. The fourth-order valence-electron chi connectivity index (χ4n) is 2.58. The second kappa shape index (κ2) is 8.83. The number of rotatable bonds is 6. The van der Waals surface area contributed by atoms with Gasteiger partial charge in [0.15, 0.2) is 18.2 Å². The van der Waals surface area contributed by atoms with Crippen LogP contribution in [0.3, 0.4) is 0 Å². The van der Waals surface area contributed by atoms with Crippen LogP contribution in [-0.2, 0) is 6.42 Å². The number of hydrogen-bond donors (Lipinski definition) is 0. The topological polar surface area (TPSA) is 44.1 Å². The first-order valence-corrected chi connectivity index (χ1v) is 8.71. The lowest BCUT2D eigenvalue weighted by Crippen LogP contribution is -3.00. The fraction of sp³-hybridized carbons (Fsp3) is 0.211. The number of ketones is 1. The van der Waals surface area contributed by atoms with Crippen LogP contribution in [-0.4, -0.2) is 10.8 Å². The lowest BCUT2D eigenvalue weighted by molar-refractivity contribution is -0.378. The van der Waals surface area contributed by atoms with Crippen LogP contribution in [0.1, 0.15) is 34.5 Å². The number of benzene rings is 1. The summed E-state index contributed by atoms with van der Waals surface area (Å²) in [6, 6.07) is 7.75. The molecular formula is C19H18ClFN2OS. The van der Waals surface area contributed by atoms with Crippen LogP contribution in [0.5, 0.6) is 0 Å². The van der Waals surface area contributed by atoms with E-state index < -0.39 is 0 Å². The second-order valence-corrected chi connectivity index (χ2v) is 6.52. The van der Waals surface area contributed by atoms with Gasteiger partial charge in [0.05, 0.1) is 0 Å². The molecule has 0 fully saturated rings. The smallest absolute Gasteiger partial charge is 0.170 e.